The van der Waals surface area contributed by atoms with Crippen LogP contribution in [0.15, 0.2) is 35.6 Å². The number of alkyl carbamates (subject to hydrolysis) is 1. The van der Waals surface area contributed by atoms with Gasteiger partial charge in [-0.25, -0.2) is 9.79 Å². The molecule has 3 fully saturated rings. The number of carbonyl (C=O) groups is 4. The van der Waals surface area contributed by atoms with E-state index in [1.54, 1.807) is 0 Å². The van der Waals surface area contributed by atoms with E-state index in [4.69, 9.17) is 39.5 Å². The molecule has 4 amide bonds. The monoisotopic (exact) mass is 709 g/mol. The first kappa shape index (κ1) is 32.1. The molecular weight excluding hydrogens is 687 g/mol. The molecule has 46 heavy (non-hydrogen) atoms. The molecule has 21 heteroatoms. The fraction of sp³-hybridized carbons (Fsp3) is 0.480. The summed E-state index contributed by atoms with van der Waals surface area (Å²) >= 11 is 17.0. The van der Waals surface area contributed by atoms with E-state index >= 15 is 0 Å². The zero-order valence-electron chi connectivity index (χ0n) is 23.2. The number of fused-ring (bicyclic) bond motifs is 1. The smallest absolute Gasteiger partial charge is 0.445 e. The van der Waals surface area contributed by atoms with Crippen molar-refractivity contribution in [2.75, 3.05) is 19.7 Å². The van der Waals surface area contributed by atoms with Crippen LogP contribution in [0.1, 0.15) is 23.2 Å². The van der Waals surface area contributed by atoms with Crippen molar-refractivity contribution < 1.29 is 52.4 Å². The number of likely N-dealkylation sites (tertiary alicyclic amines) is 1. The molecule has 0 aromatic heterocycles. The number of rotatable bonds is 5. The number of amides is 4. The lowest BCUT2D eigenvalue weighted by atomic mass is 9.85. The zero-order valence-corrected chi connectivity index (χ0v) is 25.5. The Morgan fingerprint density at radius 3 is 2.57 bits per heavy atom. The zero-order chi connectivity index (χ0) is 33.4. The van der Waals surface area contributed by atoms with Gasteiger partial charge in [-0.2, -0.15) is 0 Å². The summed E-state index contributed by atoms with van der Waals surface area (Å²) in [5.41, 5.74) is -2.49. The average Bonchev–Trinajstić information content (AvgIpc) is 3.64. The van der Waals surface area contributed by atoms with Gasteiger partial charge in [0.05, 0.1) is 30.0 Å². The Morgan fingerprint density at radius 1 is 1.20 bits per heavy atom. The molecule has 16 nitrogen and oxygen atoms in total. The Kier molecular flexibility index (Phi) is 7.59. The molecule has 6 N–H and O–H groups in total. The van der Waals surface area contributed by atoms with Gasteiger partial charge >= 0.3 is 12.4 Å². The van der Waals surface area contributed by atoms with Crippen LogP contribution in [0.2, 0.25) is 0 Å². The van der Waals surface area contributed by atoms with Crippen molar-refractivity contribution in [1.29, 1.82) is 0 Å². The molecule has 0 unspecified atom stereocenters. The Bertz CT molecular complexity index is 1560. The number of carbonyl (C=O) groups excluding carboxylic acids is 4. The Hall–Kier alpha value is -3.84. The molecule has 0 bridgehead atoms. The number of nitrogens with one attached hydrogen (secondary N) is 4. The minimum atomic E-state index is -4.04. The summed E-state index contributed by atoms with van der Waals surface area (Å²) in [6, 6.07) is -0.357. The van der Waals surface area contributed by atoms with Crippen molar-refractivity contribution in [3.63, 3.8) is 0 Å². The highest BCUT2D eigenvalue weighted by molar-refractivity contribution is 6.67. The van der Waals surface area contributed by atoms with Gasteiger partial charge in [-0.3, -0.25) is 24.6 Å². The van der Waals surface area contributed by atoms with Crippen LogP contribution in [0.3, 0.4) is 0 Å². The van der Waals surface area contributed by atoms with E-state index in [-0.39, 0.29) is 31.2 Å². The third-order valence-corrected chi connectivity index (χ3v) is 8.30. The van der Waals surface area contributed by atoms with Gasteiger partial charge in [0, 0.05) is 19.4 Å². The van der Waals surface area contributed by atoms with E-state index in [2.05, 4.69) is 42.3 Å². The second-order valence-electron chi connectivity index (χ2n) is 10.9. The molecule has 1 aromatic carbocycles. The number of imide groups is 1. The van der Waals surface area contributed by atoms with Crippen LogP contribution in [0.25, 0.3) is 0 Å². The summed E-state index contributed by atoms with van der Waals surface area (Å²) in [4.78, 5) is 57.8. The number of hydrogen-bond donors (Lipinski definition) is 6. The topological polar surface area (TPSA) is 203 Å². The number of halogens is 5. The number of hydrogen-bond acceptors (Lipinski definition) is 13. The predicted octanol–water partition coefficient (Wildman–Crippen LogP) is -0.184. The lowest BCUT2D eigenvalue weighted by Gasteiger charge is -2.49. The van der Waals surface area contributed by atoms with E-state index in [0.29, 0.717) is 0 Å². The highest BCUT2D eigenvalue weighted by Gasteiger charge is 2.74. The van der Waals surface area contributed by atoms with Crippen molar-refractivity contribution in [3.8, 4) is 11.5 Å². The number of aliphatic hydroxyl groups is 2. The maximum absolute atomic E-state index is 13.8. The van der Waals surface area contributed by atoms with E-state index in [9.17, 15) is 38.2 Å². The molecule has 0 aliphatic carbocycles. The summed E-state index contributed by atoms with van der Waals surface area (Å²) < 4.78 is 39.4. The third-order valence-electron chi connectivity index (χ3n) is 7.97. The highest BCUT2D eigenvalue weighted by atomic mass is 35.6. The number of ether oxygens (including phenoxy) is 3. The van der Waals surface area contributed by atoms with Crippen molar-refractivity contribution in [3.05, 3.63) is 36.2 Å². The summed E-state index contributed by atoms with van der Waals surface area (Å²) in [6.07, 6.45) is -5.29. The van der Waals surface area contributed by atoms with E-state index in [1.807, 2.05) is 0 Å². The van der Waals surface area contributed by atoms with Crippen LogP contribution in [0, 0.1) is 0 Å². The Balaban J connectivity index is 1.35. The van der Waals surface area contributed by atoms with Gasteiger partial charge in [0.2, 0.25) is 27.4 Å². The largest absolute Gasteiger partial charge is 0.586 e. The number of nitrogens with zero attached hydrogens (tertiary/aromatic N) is 3. The van der Waals surface area contributed by atoms with Gasteiger partial charge in [-0.15, -0.1) is 8.78 Å². The van der Waals surface area contributed by atoms with Gasteiger partial charge in [-0.1, -0.05) is 47.4 Å². The summed E-state index contributed by atoms with van der Waals surface area (Å²) in [5.74, 6) is -6.26. The van der Waals surface area contributed by atoms with E-state index < -0.39 is 93.7 Å². The SMILES string of the molecule is C=C1N[C@H]2[C@H](CN3C(=O)CCC3=O)N=C(NC(=O)OCC(Cl)(Cl)Cl)N3C[C@H](NC(=O)c4cccc5c4OC(F)(F)O5)C(O)(O)[C@]23N1. The average molecular weight is 711 g/mol. The molecule has 1 aromatic rings. The maximum Gasteiger partial charge on any atom is 0.586 e. The lowest BCUT2D eigenvalue weighted by molar-refractivity contribution is -0.286. The van der Waals surface area contributed by atoms with Crippen LogP contribution in [-0.2, 0) is 14.3 Å². The van der Waals surface area contributed by atoms with E-state index in [0.717, 1.165) is 17.0 Å². The fourth-order valence-corrected chi connectivity index (χ4v) is 6.27. The second kappa shape index (κ2) is 10.9. The maximum atomic E-state index is 13.8. The molecule has 3 saturated heterocycles. The first-order valence-electron chi connectivity index (χ1n) is 13.5. The Morgan fingerprint density at radius 2 is 1.89 bits per heavy atom. The molecule has 1 spiro atoms. The van der Waals surface area contributed by atoms with Crippen LogP contribution in [-0.4, -0.2) is 109 Å². The quantitative estimate of drug-likeness (QED) is 0.134. The lowest BCUT2D eigenvalue weighted by Crippen LogP contribution is -2.78. The molecule has 5 aliphatic rings. The minimum absolute atomic E-state index is 0.0357. The first-order chi connectivity index (χ1) is 21.4. The van der Waals surface area contributed by atoms with Crippen molar-refractivity contribution >= 4 is 64.6 Å². The minimum Gasteiger partial charge on any atom is -0.445 e. The molecule has 0 saturated carbocycles. The number of aliphatic imine (C=N–C) groups is 1. The standard InChI is InChI=1S/C25H24Cl3F2N7O9/c1-10-31-18-12(7-36-15(38)5-6-16(36)39)32-20(34-21(41)44-9-22(26,27)28)37-8-14(24(42,43)23(18,37)35-10)33-19(40)11-3-2-4-13-17(11)46-25(29,30)45-13/h2-4,12,14,18,31,35,42-43H,1,5-9H2,(H,33,40)(H,32,34,41)/t12-,14-,18-,23-/m0/s1. The fourth-order valence-electron chi connectivity index (χ4n) is 6.10. The van der Waals surface area contributed by atoms with Crippen LogP contribution in [0.4, 0.5) is 13.6 Å². The number of guanidine groups is 1. The third kappa shape index (κ3) is 5.36. The number of benzene rings is 1. The van der Waals surface area contributed by atoms with Crippen LogP contribution < -0.4 is 30.7 Å². The predicted molar refractivity (Wildman–Crippen MR) is 152 cm³/mol. The van der Waals surface area contributed by atoms with Crippen molar-refractivity contribution in [2.24, 2.45) is 4.99 Å². The summed E-state index contributed by atoms with van der Waals surface area (Å²) in [7, 11) is 0. The molecule has 4 atom stereocenters. The molecule has 5 aliphatic heterocycles. The highest BCUT2D eigenvalue weighted by Crippen LogP contribution is 2.46. The molecule has 248 valence electrons. The molecule has 5 heterocycles. The first-order valence-corrected chi connectivity index (χ1v) is 14.6. The van der Waals surface area contributed by atoms with Gasteiger partial charge in [0.1, 0.15) is 12.6 Å². The molecule has 6 rings (SSSR count). The second-order valence-corrected chi connectivity index (χ2v) is 13.4. The van der Waals surface area contributed by atoms with Gasteiger partial charge in [0.25, 0.3) is 5.91 Å². The summed E-state index contributed by atoms with van der Waals surface area (Å²) in [5, 5.41) is 34.2. The van der Waals surface area contributed by atoms with Crippen LogP contribution >= 0.6 is 34.8 Å². The summed E-state index contributed by atoms with van der Waals surface area (Å²) in [6.45, 7) is 2.31. The van der Waals surface area contributed by atoms with Gasteiger partial charge in [-0.05, 0) is 12.1 Å². The van der Waals surface area contributed by atoms with Gasteiger partial charge < -0.3 is 45.3 Å². The normalized spacial score (nSPS) is 28.6. The number of alkyl halides is 5. The van der Waals surface area contributed by atoms with Crippen LogP contribution in [0.5, 0.6) is 11.5 Å². The molecule has 0 radical (unpaired) electrons. The number of para-hydroxylation sites is 1. The van der Waals surface area contributed by atoms with Gasteiger partial charge in [0.15, 0.2) is 17.2 Å². The van der Waals surface area contributed by atoms with Crippen molar-refractivity contribution in [2.45, 2.75) is 52.5 Å². The molecular formula is C25H24Cl3F2N7O9. The van der Waals surface area contributed by atoms with Crippen molar-refractivity contribution in [1.82, 2.24) is 31.1 Å². The van der Waals surface area contributed by atoms with E-state index in [1.165, 1.54) is 11.0 Å². The Labute approximate surface area is 272 Å².